The fourth-order valence-electron chi connectivity index (χ4n) is 1.75. The van der Waals surface area contributed by atoms with E-state index in [0.29, 0.717) is 12.5 Å². The number of hydrogen-bond acceptors (Lipinski definition) is 3. The Morgan fingerprint density at radius 2 is 2.05 bits per heavy atom. The molecule has 0 aromatic heterocycles. The van der Waals surface area contributed by atoms with E-state index in [2.05, 4.69) is 0 Å². The Morgan fingerprint density at radius 1 is 1.45 bits per heavy atom. The second kappa shape index (κ2) is 6.32. The summed E-state index contributed by atoms with van der Waals surface area (Å²) < 4.78 is 35.9. The van der Waals surface area contributed by atoms with Crippen LogP contribution in [0.5, 0.6) is 0 Å². The Hall–Kier alpha value is -1.47. The second-order valence-corrected chi connectivity index (χ2v) is 6.42. The van der Waals surface area contributed by atoms with Crippen LogP contribution in [0.4, 0.5) is 4.39 Å². The van der Waals surface area contributed by atoms with Gasteiger partial charge in [0.05, 0.1) is 0 Å². The van der Waals surface area contributed by atoms with E-state index in [-0.39, 0.29) is 11.5 Å². The Kier molecular flexibility index (Phi) is 5.24. The minimum absolute atomic E-state index is 0.0984. The fraction of sp³-hybridized carbons (Fsp3) is 0.462. The standard InChI is InChI=1S/C13H19FN2O3S/c1-4-9(2)8-16(3)13(17)10-5-6-11(14)12(7-10)20(15,18)19/h5-7,9H,4,8H2,1-3H3,(H2,15,18,19). The van der Waals surface area contributed by atoms with E-state index in [4.69, 9.17) is 5.14 Å². The number of carbonyl (C=O) groups is 1. The van der Waals surface area contributed by atoms with Crippen LogP contribution >= 0.6 is 0 Å². The van der Waals surface area contributed by atoms with Crippen LogP contribution < -0.4 is 5.14 Å². The molecule has 0 aliphatic rings. The van der Waals surface area contributed by atoms with Gasteiger partial charge in [0.25, 0.3) is 5.91 Å². The van der Waals surface area contributed by atoms with Crippen LogP contribution in [0.1, 0.15) is 30.6 Å². The highest BCUT2D eigenvalue weighted by molar-refractivity contribution is 7.89. The lowest BCUT2D eigenvalue weighted by Gasteiger charge is -2.21. The predicted molar refractivity (Wildman–Crippen MR) is 74.2 cm³/mol. The summed E-state index contributed by atoms with van der Waals surface area (Å²) in [6.07, 6.45) is 0.920. The maximum absolute atomic E-state index is 13.4. The Labute approximate surface area is 118 Å². The molecule has 0 aliphatic heterocycles. The van der Waals surface area contributed by atoms with Crippen molar-refractivity contribution in [2.75, 3.05) is 13.6 Å². The summed E-state index contributed by atoms with van der Waals surface area (Å²) >= 11 is 0. The molecule has 0 aliphatic carbocycles. The molecule has 0 radical (unpaired) electrons. The topological polar surface area (TPSA) is 80.5 Å². The van der Waals surface area contributed by atoms with Crippen molar-refractivity contribution >= 4 is 15.9 Å². The molecule has 0 heterocycles. The monoisotopic (exact) mass is 302 g/mol. The van der Waals surface area contributed by atoms with Gasteiger partial charge in [0.2, 0.25) is 10.0 Å². The first kappa shape index (κ1) is 16.6. The molecule has 1 rings (SSSR count). The zero-order valence-electron chi connectivity index (χ0n) is 11.8. The van der Waals surface area contributed by atoms with Crippen molar-refractivity contribution < 1.29 is 17.6 Å². The Bertz CT molecular complexity index is 602. The van der Waals surface area contributed by atoms with Crippen molar-refractivity contribution in [2.24, 2.45) is 11.1 Å². The third-order valence-corrected chi connectivity index (χ3v) is 4.04. The van der Waals surface area contributed by atoms with E-state index in [0.717, 1.165) is 18.6 Å². The average molecular weight is 302 g/mol. The molecule has 0 spiro atoms. The number of nitrogens with zero attached hydrogens (tertiary/aromatic N) is 1. The van der Waals surface area contributed by atoms with Gasteiger partial charge in [0, 0.05) is 19.2 Å². The molecule has 5 nitrogen and oxygen atoms in total. The van der Waals surface area contributed by atoms with Gasteiger partial charge in [-0.05, 0) is 24.1 Å². The summed E-state index contributed by atoms with van der Waals surface area (Å²) in [6, 6.07) is 3.16. The molecule has 1 aromatic carbocycles. The molecule has 1 atom stereocenters. The second-order valence-electron chi connectivity index (χ2n) is 4.89. The molecule has 112 valence electrons. The number of benzene rings is 1. The first-order chi connectivity index (χ1) is 9.16. The lowest BCUT2D eigenvalue weighted by Crippen LogP contribution is -2.31. The van der Waals surface area contributed by atoms with Crippen LogP contribution in [0.15, 0.2) is 23.1 Å². The van der Waals surface area contributed by atoms with Crippen LogP contribution in [0.3, 0.4) is 0 Å². The SMILES string of the molecule is CCC(C)CN(C)C(=O)c1ccc(F)c(S(N)(=O)=O)c1. The number of sulfonamides is 1. The molecular weight excluding hydrogens is 283 g/mol. The van der Waals surface area contributed by atoms with Gasteiger partial charge in [0.15, 0.2) is 0 Å². The zero-order chi connectivity index (χ0) is 15.5. The molecule has 0 saturated carbocycles. The fourth-order valence-corrected chi connectivity index (χ4v) is 2.39. The van der Waals surface area contributed by atoms with Crippen molar-refractivity contribution in [3.63, 3.8) is 0 Å². The summed E-state index contributed by atoms with van der Waals surface area (Å²) in [5.74, 6) is -1.01. The normalized spacial score (nSPS) is 13.1. The van der Waals surface area contributed by atoms with Gasteiger partial charge in [-0.2, -0.15) is 0 Å². The first-order valence-corrected chi connectivity index (χ1v) is 7.79. The molecule has 2 N–H and O–H groups in total. The van der Waals surface area contributed by atoms with Crippen molar-refractivity contribution in [1.82, 2.24) is 4.90 Å². The minimum Gasteiger partial charge on any atom is -0.341 e. The summed E-state index contributed by atoms with van der Waals surface area (Å²) in [5, 5.41) is 4.91. The van der Waals surface area contributed by atoms with Gasteiger partial charge in [-0.25, -0.2) is 17.9 Å². The van der Waals surface area contributed by atoms with E-state index in [9.17, 15) is 17.6 Å². The molecule has 1 amide bonds. The van der Waals surface area contributed by atoms with Gasteiger partial charge < -0.3 is 4.90 Å². The van der Waals surface area contributed by atoms with Crippen molar-refractivity contribution in [2.45, 2.75) is 25.2 Å². The molecule has 0 fully saturated rings. The molecule has 0 saturated heterocycles. The minimum atomic E-state index is -4.19. The van der Waals surface area contributed by atoms with Gasteiger partial charge in [-0.3, -0.25) is 4.79 Å². The maximum atomic E-state index is 13.4. The van der Waals surface area contributed by atoms with Crippen LogP contribution in [0, 0.1) is 11.7 Å². The largest absolute Gasteiger partial charge is 0.341 e. The zero-order valence-corrected chi connectivity index (χ0v) is 12.6. The smallest absolute Gasteiger partial charge is 0.253 e. The van der Waals surface area contributed by atoms with E-state index in [1.54, 1.807) is 7.05 Å². The summed E-state index contributed by atoms with van der Waals surface area (Å²) in [7, 11) is -2.57. The van der Waals surface area contributed by atoms with Gasteiger partial charge in [-0.1, -0.05) is 20.3 Å². The Morgan fingerprint density at radius 3 is 2.55 bits per heavy atom. The van der Waals surface area contributed by atoms with Gasteiger partial charge >= 0.3 is 0 Å². The molecular formula is C13H19FN2O3S. The highest BCUT2D eigenvalue weighted by Gasteiger charge is 2.19. The molecule has 7 heteroatoms. The number of carbonyl (C=O) groups excluding carboxylic acids is 1. The summed E-state index contributed by atoms with van der Waals surface area (Å²) in [6.45, 7) is 4.56. The first-order valence-electron chi connectivity index (χ1n) is 6.24. The van der Waals surface area contributed by atoms with Crippen molar-refractivity contribution in [3.05, 3.63) is 29.6 Å². The highest BCUT2D eigenvalue weighted by atomic mass is 32.2. The average Bonchev–Trinajstić information content (AvgIpc) is 2.36. The van der Waals surface area contributed by atoms with Crippen LogP contribution in [-0.2, 0) is 10.0 Å². The van der Waals surface area contributed by atoms with Crippen molar-refractivity contribution in [1.29, 1.82) is 0 Å². The van der Waals surface area contributed by atoms with Gasteiger partial charge in [0.1, 0.15) is 10.7 Å². The molecule has 1 unspecified atom stereocenters. The van der Waals surface area contributed by atoms with E-state index < -0.39 is 20.7 Å². The van der Waals surface area contributed by atoms with E-state index >= 15 is 0 Å². The third kappa shape index (κ3) is 4.01. The molecule has 1 aromatic rings. The number of hydrogen-bond donors (Lipinski definition) is 1. The number of primary sulfonamides is 1. The van der Waals surface area contributed by atoms with Crippen LogP contribution in [-0.4, -0.2) is 32.8 Å². The van der Waals surface area contributed by atoms with Gasteiger partial charge in [-0.15, -0.1) is 0 Å². The van der Waals surface area contributed by atoms with E-state index in [1.165, 1.54) is 11.0 Å². The highest BCUT2D eigenvalue weighted by Crippen LogP contribution is 2.16. The lowest BCUT2D eigenvalue weighted by molar-refractivity contribution is 0.0774. The summed E-state index contributed by atoms with van der Waals surface area (Å²) in [5.41, 5.74) is 0.0984. The number of nitrogens with two attached hydrogens (primary N) is 1. The van der Waals surface area contributed by atoms with Crippen LogP contribution in [0.2, 0.25) is 0 Å². The van der Waals surface area contributed by atoms with Crippen molar-refractivity contribution in [3.8, 4) is 0 Å². The number of halogens is 1. The number of rotatable bonds is 5. The maximum Gasteiger partial charge on any atom is 0.253 e. The molecule has 0 bridgehead atoms. The third-order valence-electron chi connectivity index (χ3n) is 3.11. The molecule has 20 heavy (non-hydrogen) atoms. The Balaban J connectivity index is 3.06. The van der Waals surface area contributed by atoms with Crippen LogP contribution in [0.25, 0.3) is 0 Å². The lowest BCUT2D eigenvalue weighted by atomic mass is 10.1. The van der Waals surface area contributed by atoms with E-state index in [1.807, 2.05) is 13.8 Å². The quantitative estimate of drug-likeness (QED) is 0.897. The number of amides is 1. The summed E-state index contributed by atoms with van der Waals surface area (Å²) in [4.78, 5) is 13.0. The predicted octanol–water partition coefficient (Wildman–Crippen LogP) is 1.59.